The largest absolute Gasteiger partial charge is 0.493 e. The molecule has 7 heteroatoms. The Labute approximate surface area is 183 Å². The summed E-state index contributed by atoms with van der Waals surface area (Å²) in [6, 6.07) is 14.0. The first-order valence-electron chi connectivity index (χ1n) is 10.1. The number of hydrogen-bond acceptors (Lipinski definition) is 4. The third kappa shape index (κ3) is 7.48. The molecule has 0 aliphatic rings. The van der Waals surface area contributed by atoms with Crippen LogP contribution in [0.25, 0.3) is 0 Å². The van der Waals surface area contributed by atoms with Crippen LogP contribution in [0.2, 0.25) is 0 Å². The van der Waals surface area contributed by atoms with E-state index < -0.39 is 0 Å². The molecule has 2 aromatic rings. The van der Waals surface area contributed by atoms with Crippen molar-refractivity contribution >= 4 is 34.8 Å². The van der Waals surface area contributed by atoms with Crippen LogP contribution in [0.4, 0.5) is 5.69 Å². The summed E-state index contributed by atoms with van der Waals surface area (Å²) in [7, 11) is 0. The van der Waals surface area contributed by atoms with Crippen LogP contribution in [-0.2, 0) is 0 Å². The number of hydrogen-bond donors (Lipinski definition) is 3. The van der Waals surface area contributed by atoms with Gasteiger partial charge in [-0.25, -0.2) is 0 Å². The predicted molar refractivity (Wildman–Crippen MR) is 124 cm³/mol. The molecule has 0 heterocycles. The van der Waals surface area contributed by atoms with Crippen LogP contribution in [0.3, 0.4) is 0 Å². The molecule has 0 radical (unpaired) electrons. The monoisotopic (exact) mass is 427 g/mol. The highest BCUT2D eigenvalue weighted by atomic mass is 32.1. The van der Waals surface area contributed by atoms with Crippen molar-refractivity contribution in [2.75, 3.05) is 18.5 Å². The van der Waals surface area contributed by atoms with E-state index in [0.717, 1.165) is 12.8 Å². The number of thiocarbonyl (C=S) groups is 1. The van der Waals surface area contributed by atoms with E-state index in [0.29, 0.717) is 41.6 Å². The summed E-state index contributed by atoms with van der Waals surface area (Å²) in [5, 5.41) is 8.59. The van der Waals surface area contributed by atoms with E-state index >= 15 is 0 Å². The molecule has 0 aliphatic heterocycles. The van der Waals surface area contributed by atoms with Crippen molar-refractivity contribution < 1.29 is 14.3 Å². The summed E-state index contributed by atoms with van der Waals surface area (Å²) in [6.07, 6.45) is 1.91. The fourth-order valence-corrected chi connectivity index (χ4v) is 2.79. The minimum absolute atomic E-state index is 0.113. The normalized spacial score (nSPS) is 10.4. The molecule has 0 aromatic heterocycles. The zero-order valence-corrected chi connectivity index (χ0v) is 18.5. The van der Waals surface area contributed by atoms with Crippen molar-refractivity contribution in [1.82, 2.24) is 10.6 Å². The third-order valence-electron chi connectivity index (χ3n) is 4.14. The second kappa shape index (κ2) is 11.9. The first kappa shape index (κ1) is 23.3. The molecule has 160 valence electrons. The topological polar surface area (TPSA) is 79.5 Å². The average molecular weight is 428 g/mol. The summed E-state index contributed by atoms with van der Waals surface area (Å²) in [5.41, 5.74) is 1.44. The van der Waals surface area contributed by atoms with Crippen LogP contribution >= 0.6 is 12.2 Å². The van der Waals surface area contributed by atoms with E-state index in [1.807, 2.05) is 6.07 Å². The maximum Gasteiger partial charge on any atom is 0.257 e. The smallest absolute Gasteiger partial charge is 0.257 e. The summed E-state index contributed by atoms with van der Waals surface area (Å²) < 4.78 is 5.67. The Hall–Kier alpha value is -2.93. The molecule has 2 aromatic carbocycles. The minimum atomic E-state index is -0.354. The fraction of sp³-hybridized carbons (Fsp3) is 0.348. The summed E-state index contributed by atoms with van der Waals surface area (Å²) in [5.74, 6) is 0.478. The second-order valence-electron chi connectivity index (χ2n) is 7.30. The van der Waals surface area contributed by atoms with E-state index in [2.05, 4.69) is 36.7 Å². The van der Waals surface area contributed by atoms with Gasteiger partial charge in [-0.2, -0.15) is 0 Å². The molecule has 0 atom stereocenters. The Morgan fingerprint density at radius 2 is 1.83 bits per heavy atom. The van der Waals surface area contributed by atoms with Gasteiger partial charge in [-0.05, 0) is 54.9 Å². The van der Waals surface area contributed by atoms with E-state index in [1.54, 1.807) is 42.5 Å². The SMILES string of the molecule is CCCCNC(=O)c1ccccc1NC(=S)NC(=O)c1cccc(OCC(C)C)c1. The van der Waals surface area contributed by atoms with Crippen LogP contribution in [0.15, 0.2) is 48.5 Å². The lowest BCUT2D eigenvalue weighted by Crippen LogP contribution is -2.35. The zero-order chi connectivity index (χ0) is 21.9. The lowest BCUT2D eigenvalue weighted by Gasteiger charge is -2.14. The van der Waals surface area contributed by atoms with Crippen molar-refractivity contribution in [3.63, 3.8) is 0 Å². The standard InChI is InChI=1S/C23H29N3O3S/c1-4-5-13-24-22(28)19-11-6-7-12-20(19)25-23(30)26-21(27)17-9-8-10-18(14-17)29-15-16(2)3/h6-12,14,16H,4-5,13,15H2,1-3H3,(H,24,28)(H2,25,26,27,30). The van der Waals surface area contributed by atoms with E-state index in [1.165, 1.54) is 0 Å². The van der Waals surface area contributed by atoms with Gasteiger partial charge in [0.2, 0.25) is 0 Å². The number of ether oxygens (including phenoxy) is 1. The maximum absolute atomic E-state index is 12.6. The number of unbranched alkanes of at least 4 members (excludes halogenated alkanes) is 1. The molecule has 0 unspecified atom stereocenters. The number of benzene rings is 2. The molecule has 6 nitrogen and oxygen atoms in total. The van der Waals surface area contributed by atoms with E-state index in [9.17, 15) is 9.59 Å². The van der Waals surface area contributed by atoms with Gasteiger partial charge < -0.3 is 15.4 Å². The van der Waals surface area contributed by atoms with Crippen LogP contribution in [0, 0.1) is 5.92 Å². The Balaban J connectivity index is 2.00. The summed E-state index contributed by atoms with van der Waals surface area (Å²) >= 11 is 5.28. The van der Waals surface area contributed by atoms with Gasteiger partial charge in [0.05, 0.1) is 17.9 Å². The first-order valence-corrected chi connectivity index (χ1v) is 10.5. The highest BCUT2D eigenvalue weighted by Gasteiger charge is 2.14. The summed E-state index contributed by atoms with van der Waals surface area (Å²) in [6.45, 7) is 7.36. The van der Waals surface area contributed by atoms with Crippen LogP contribution < -0.4 is 20.7 Å². The summed E-state index contributed by atoms with van der Waals surface area (Å²) in [4.78, 5) is 25.0. The molecule has 2 rings (SSSR count). The van der Waals surface area contributed by atoms with Gasteiger partial charge in [0, 0.05) is 12.1 Å². The molecule has 3 N–H and O–H groups in total. The van der Waals surface area contributed by atoms with Crippen LogP contribution in [0.5, 0.6) is 5.75 Å². The molecule has 2 amide bonds. The fourth-order valence-electron chi connectivity index (χ4n) is 2.58. The Bertz CT molecular complexity index is 884. The zero-order valence-electron chi connectivity index (χ0n) is 17.7. The van der Waals surface area contributed by atoms with Crippen molar-refractivity contribution in [2.45, 2.75) is 33.6 Å². The Morgan fingerprint density at radius 1 is 1.07 bits per heavy atom. The minimum Gasteiger partial charge on any atom is -0.493 e. The average Bonchev–Trinajstić information content (AvgIpc) is 2.73. The third-order valence-corrected chi connectivity index (χ3v) is 4.35. The molecular formula is C23H29N3O3S. The van der Waals surface area contributed by atoms with Crippen molar-refractivity contribution in [2.24, 2.45) is 5.92 Å². The Morgan fingerprint density at radius 3 is 2.57 bits per heavy atom. The molecule has 0 spiro atoms. The van der Waals surface area contributed by atoms with Crippen molar-refractivity contribution in [3.05, 3.63) is 59.7 Å². The highest BCUT2D eigenvalue weighted by molar-refractivity contribution is 7.80. The van der Waals surface area contributed by atoms with Gasteiger partial charge in [-0.1, -0.05) is 45.4 Å². The quantitative estimate of drug-likeness (QED) is 0.409. The second-order valence-corrected chi connectivity index (χ2v) is 7.70. The molecule has 30 heavy (non-hydrogen) atoms. The van der Waals surface area contributed by atoms with Gasteiger partial charge in [-0.3, -0.25) is 14.9 Å². The van der Waals surface area contributed by atoms with Gasteiger partial charge in [0.15, 0.2) is 5.11 Å². The number of anilines is 1. The first-order chi connectivity index (χ1) is 14.4. The number of nitrogens with one attached hydrogen (secondary N) is 3. The molecule has 0 fully saturated rings. The predicted octanol–water partition coefficient (Wildman–Crippen LogP) is 4.38. The number of para-hydroxylation sites is 1. The van der Waals surface area contributed by atoms with Gasteiger partial charge >= 0.3 is 0 Å². The van der Waals surface area contributed by atoms with E-state index in [-0.39, 0.29) is 16.9 Å². The molecule has 0 bridgehead atoms. The molecule has 0 aliphatic carbocycles. The number of amides is 2. The lowest BCUT2D eigenvalue weighted by atomic mass is 10.1. The van der Waals surface area contributed by atoms with E-state index in [4.69, 9.17) is 17.0 Å². The van der Waals surface area contributed by atoms with Crippen molar-refractivity contribution in [3.8, 4) is 5.75 Å². The van der Waals surface area contributed by atoms with Gasteiger partial charge in [0.25, 0.3) is 11.8 Å². The number of carbonyl (C=O) groups excluding carboxylic acids is 2. The molecule has 0 saturated carbocycles. The van der Waals surface area contributed by atoms with Crippen LogP contribution in [0.1, 0.15) is 54.3 Å². The number of rotatable bonds is 9. The highest BCUT2D eigenvalue weighted by Crippen LogP contribution is 2.16. The van der Waals surface area contributed by atoms with Gasteiger partial charge in [-0.15, -0.1) is 0 Å². The van der Waals surface area contributed by atoms with Crippen LogP contribution in [-0.4, -0.2) is 30.1 Å². The molecule has 0 saturated heterocycles. The maximum atomic E-state index is 12.6. The number of carbonyl (C=O) groups is 2. The van der Waals surface area contributed by atoms with Crippen molar-refractivity contribution in [1.29, 1.82) is 0 Å². The van der Waals surface area contributed by atoms with Gasteiger partial charge in [0.1, 0.15) is 5.75 Å². The Kier molecular flexibility index (Phi) is 9.28. The lowest BCUT2D eigenvalue weighted by molar-refractivity contribution is 0.0952. The molecular weight excluding hydrogens is 398 g/mol.